The van der Waals surface area contributed by atoms with Crippen LogP contribution in [-0.2, 0) is 6.54 Å². The molecule has 0 aromatic carbocycles. The molecule has 2 heterocycles. The van der Waals surface area contributed by atoms with Gasteiger partial charge in [-0.2, -0.15) is 0 Å². The summed E-state index contributed by atoms with van der Waals surface area (Å²) in [7, 11) is 0. The number of nitrogens with one attached hydrogen (secondary N) is 1. The smallest absolute Gasteiger partial charge is 0.170 e. The van der Waals surface area contributed by atoms with Gasteiger partial charge in [0.2, 0.25) is 0 Å². The number of fused-ring (bicyclic) bond motifs is 1. The van der Waals surface area contributed by atoms with Crippen LogP contribution >= 0.6 is 0 Å². The summed E-state index contributed by atoms with van der Waals surface area (Å²) in [5, 5.41) is 2.83. The van der Waals surface area contributed by atoms with Crippen molar-refractivity contribution in [2.45, 2.75) is 6.54 Å². The van der Waals surface area contributed by atoms with Crippen molar-refractivity contribution in [3.8, 4) is 0 Å². The predicted molar refractivity (Wildman–Crippen MR) is 39.0 cm³/mol. The minimum Gasteiger partial charge on any atom is -0.322 e. The van der Waals surface area contributed by atoms with Gasteiger partial charge in [-0.05, 0) is 6.07 Å². The lowest BCUT2D eigenvalue weighted by molar-refractivity contribution is 1.04. The summed E-state index contributed by atoms with van der Waals surface area (Å²) in [5.74, 6) is 0.873. The van der Waals surface area contributed by atoms with E-state index >= 15 is 0 Å². The van der Waals surface area contributed by atoms with Crippen LogP contribution in [0.25, 0.3) is 0 Å². The van der Waals surface area contributed by atoms with Crippen LogP contribution in [0.15, 0.2) is 23.3 Å². The van der Waals surface area contributed by atoms with Gasteiger partial charge >= 0.3 is 0 Å². The van der Waals surface area contributed by atoms with Gasteiger partial charge in [0, 0.05) is 11.8 Å². The SMILES string of the molecule is [C]1=NCc2cccnc2N1. The van der Waals surface area contributed by atoms with E-state index in [-0.39, 0.29) is 0 Å². The highest BCUT2D eigenvalue weighted by Crippen LogP contribution is 2.13. The molecule has 0 unspecified atom stereocenters. The van der Waals surface area contributed by atoms with Crippen molar-refractivity contribution in [1.29, 1.82) is 0 Å². The van der Waals surface area contributed by atoms with Crippen molar-refractivity contribution in [2.24, 2.45) is 4.99 Å². The fourth-order valence-electron chi connectivity index (χ4n) is 0.896. The number of pyridine rings is 1. The number of aliphatic imine (C=N–C) groups is 1. The van der Waals surface area contributed by atoms with Crippen molar-refractivity contribution < 1.29 is 0 Å². The van der Waals surface area contributed by atoms with Crippen LogP contribution in [0.4, 0.5) is 5.82 Å². The van der Waals surface area contributed by atoms with Crippen LogP contribution in [0.3, 0.4) is 0 Å². The van der Waals surface area contributed by atoms with Crippen LogP contribution in [-0.4, -0.2) is 11.3 Å². The van der Waals surface area contributed by atoms with Crippen molar-refractivity contribution in [3.05, 3.63) is 23.9 Å². The Morgan fingerprint density at radius 3 is 3.50 bits per heavy atom. The third-order valence-electron chi connectivity index (χ3n) is 1.39. The van der Waals surface area contributed by atoms with Gasteiger partial charge in [-0.25, -0.2) is 4.98 Å². The largest absolute Gasteiger partial charge is 0.322 e. The third kappa shape index (κ3) is 0.757. The molecule has 0 fully saturated rings. The Balaban J connectivity index is 2.47. The lowest BCUT2D eigenvalue weighted by Gasteiger charge is -2.07. The van der Waals surface area contributed by atoms with E-state index in [1.54, 1.807) is 6.20 Å². The van der Waals surface area contributed by atoms with Gasteiger partial charge in [0.15, 0.2) is 6.34 Å². The number of aromatic nitrogens is 1. The molecule has 1 aliphatic heterocycles. The molecular weight excluding hydrogens is 126 g/mol. The molecule has 1 radical (unpaired) electrons. The second kappa shape index (κ2) is 2.10. The minimum absolute atomic E-state index is 0.691. The normalized spacial score (nSPS) is 14.0. The minimum atomic E-state index is 0.691. The average molecular weight is 132 g/mol. The van der Waals surface area contributed by atoms with E-state index in [0.717, 1.165) is 11.4 Å². The van der Waals surface area contributed by atoms with Crippen LogP contribution in [0.2, 0.25) is 0 Å². The number of hydrogen-bond donors (Lipinski definition) is 1. The highest BCUT2D eigenvalue weighted by molar-refractivity contribution is 5.77. The highest BCUT2D eigenvalue weighted by atomic mass is 15.0. The first kappa shape index (κ1) is 5.41. The Morgan fingerprint density at radius 2 is 2.60 bits per heavy atom. The number of anilines is 1. The molecule has 0 bridgehead atoms. The van der Waals surface area contributed by atoms with Gasteiger partial charge in [-0.3, -0.25) is 4.99 Å². The Bertz CT molecular complexity index is 240. The number of nitrogens with zero attached hydrogens (tertiary/aromatic N) is 2. The van der Waals surface area contributed by atoms with E-state index in [4.69, 9.17) is 0 Å². The van der Waals surface area contributed by atoms with Gasteiger partial charge in [-0.15, -0.1) is 0 Å². The standard InChI is InChI=1S/C7H6N3/c1-2-6-4-8-5-10-7(6)9-3-1/h1-3H,4H2,(H,8,9,10). The summed E-state index contributed by atoms with van der Waals surface area (Å²) in [6.07, 6.45) is 4.40. The summed E-state index contributed by atoms with van der Waals surface area (Å²) in [4.78, 5) is 8.00. The lowest BCUT2D eigenvalue weighted by Crippen LogP contribution is -2.06. The van der Waals surface area contributed by atoms with Gasteiger partial charge in [0.05, 0.1) is 6.54 Å². The first-order valence-corrected chi connectivity index (χ1v) is 3.08. The topological polar surface area (TPSA) is 37.3 Å². The summed E-state index contributed by atoms with van der Waals surface area (Å²) < 4.78 is 0. The van der Waals surface area contributed by atoms with Gasteiger partial charge in [0.1, 0.15) is 5.82 Å². The number of hydrogen-bond acceptors (Lipinski definition) is 3. The first-order valence-electron chi connectivity index (χ1n) is 3.08. The van der Waals surface area contributed by atoms with Crippen LogP contribution < -0.4 is 5.32 Å². The zero-order valence-electron chi connectivity index (χ0n) is 5.33. The third-order valence-corrected chi connectivity index (χ3v) is 1.39. The van der Waals surface area contributed by atoms with E-state index in [9.17, 15) is 0 Å². The molecule has 1 aromatic heterocycles. The summed E-state index contributed by atoms with van der Waals surface area (Å²) in [5.41, 5.74) is 1.13. The average Bonchev–Trinajstić information content (AvgIpc) is 2.05. The second-order valence-corrected chi connectivity index (χ2v) is 2.06. The molecule has 2 rings (SSSR count). The summed E-state index contributed by atoms with van der Waals surface area (Å²) in [6, 6.07) is 3.90. The monoisotopic (exact) mass is 132 g/mol. The van der Waals surface area contributed by atoms with Crippen LogP contribution in [0.1, 0.15) is 5.56 Å². The van der Waals surface area contributed by atoms with E-state index < -0.39 is 0 Å². The molecule has 1 N–H and O–H groups in total. The van der Waals surface area contributed by atoms with Gasteiger partial charge in [0.25, 0.3) is 0 Å². The molecule has 0 atom stereocenters. The molecule has 10 heavy (non-hydrogen) atoms. The van der Waals surface area contributed by atoms with E-state index in [2.05, 4.69) is 21.6 Å². The highest BCUT2D eigenvalue weighted by Gasteiger charge is 2.03. The Hall–Kier alpha value is -1.38. The molecule has 3 heteroatoms. The Labute approximate surface area is 58.8 Å². The van der Waals surface area contributed by atoms with Crippen LogP contribution in [0.5, 0.6) is 0 Å². The van der Waals surface area contributed by atoms with Crippen molar-refractivity contribution >= 4 is 12.2 Å². The number of rotatable bonds is 0. The molecule has 0 spiro atoms. The summed E-state index contributed by atoms with van der Waals surface area (Å²) >= 11 is 0. The quantitative estimate of drug-likeness (QED) is 0.569. The van der Waals surface area contributed by atoms with Crippen molar-refractivity contribution in [2.75, 3.05) is 5.32 Å². The molecule has 1 aliphatic rings. The predicted octanol–water partition coefficient (Wildman–Crippen LogP) is 0.912. The van der Waals surface area contributed by atoms with Gasteiger partial charge in [-0.1, -0.05) is 6.07 Å². The lowest BCUT2D eigenvalue weighted by atomic mass is 10.2. The molecule has 1 aromatic rings. The fourth-order valence-corrected chi connectivity index (χ4v) is 0.896. The molecule has 0 amide bonds. The second-order valence-electron chi connectivity index (χ2n) is 2.06. The van der Waals surface area contributed by atoms with Crippen LogP contribution in [0, 0.1) is 0 Å². The Morgan fingerprint density at radius 1 is 1.60 bits per heavy atom. The zero-order chi connectivity index (χ0) is 6.81. The van der Waals surface area contributed by atoms with E-state index in [0.29, 0.717) is 6.54 Å². The fraction of sp³-hybridized carbons (Fsp3) is 0.143. The van der Waals surface area contributed by atoms with Crippen molar-refractivity contribution in [3.63, 3.8) is 0 Å². The Kier molecular flexibility index (Phi) is 1.13. The van der Waals surface area contributed by atoms with Crippen molar-refractivity contribution in [1.82, 2.24) is 4.98 Å². The van der Waals surface area contributed by atoms with Gasteiger partial charge < -0.3 is 5.32 Å². The molecule has 3 nitrogen and oxygen atoms in total. The molecule has 49 valence electrons. The maximum absolute atomic E-state index is 4.09. The molecule has 0 aliphatic carbocycles. The summed E-state index contributed by atoms with van der Waals surface area (Å²) in [6.45, 7) is 0.691. The molecule has 0 saturated heterocycles. The van der Waals surface area contributed by atoms with E-state index in [1.807, 2.05) is 12.1 Å². The maximum Gasteiger partial charge on any atom is 0.170 e. The molecule has 0 saturated carbocycles. The maximum atomic E-state index is 4.09. The zero-order valence-corrected chi connectivity index (χ0v) is 5.33. The van der Waals surface area contributed by atoms with E-state index in [1.165, 1.54) is 0 Å². The first-order chi connectivity index (χ1) is 4.97. The molecular formula is C7H6N3.